The molecule has 2 N–H and O–H groups in total. The van der Waals surface area contributed by atoms with Crippen LogP contribution in [0.1, 0.15) is 0 Å². The Morgan fingerprint density at radius 3 is 3.17 bits per heavy atom. The van der Waals surface area contributed by atoms with Gasteiger partial charge in [-0.05, 0) is 12.2 Å². The third-order valence-corrected chi connectivity index (χ3v) is 3.26. The number of H-pyrrole nitrogens is 1. The Morgan fingerprint density at radius 1 is 1.92 bits per heavy atom. The zero-order valence-corrected chi connectivity index (χ0v) is 8.74. The molecule has 0 aromatic carbocycles. The van der Waals surface area contributed by atoms with E-state index >= 15 is 0 Å². The van der Waals surface area contributed by atoms with Crippen LogP contribution in [-0.2, 0) is 4.79 Å². The minimum absolute atomic E-state index is 0.0129. The highest BCUT2D eigenvalue weighted by atomic mass is 32.2. The molecule has 1 rings (SSSR count). The molecule has 1 aromatic rings. The maximum absolute atomic E-state index is 10.8. The van der Waals surface area contributed by atoms with E-state index in [0.717, 1.165) is 4.34 Å². The van der Waals surface area contributed by atoms with E-state index in [9.17, 15) is 4.79 Å². The minimum atomic E-state index is -0.0129. The highest BCUT2D eigenvalue weighted by Crippen LogP contribution is 2.19. The van der Waals surface area contributed by atoms with Crippen molar-refractivity contribution in [1.29, 1.82) is 0 Å². The summed E-state index contributed by atoms with van der Waals surface area (Å²) < 4.78 is 1.43. The van der Waals surface area contributed by atoms with Crippen LogP contribution in [0.4, 0.5) is 0 Å². The van der Waals surface area contributed by atoms with Crippen molar-refractivity contribution in [2.45, 2.75) is 4.34 Å². The summed E-state index contributed by atoms with van der Waals surface area (Å²) in [5, 5.41) is 9.06. The molecule has 1 heterocycles. The second-order valence-corrected chi connectivity index (χ2v) is 4.73. The quantitative estimate of drug-likeness (QED) is 0.591. The summed E-state index contributed by atoms with van der Waals surface area (Å²) in [6.45, 7) is 0. The number of carbonyl (C=O) groups is 1. The van der Waals surface area contributed by atoms with E-state index < -0.39 is 0 Å². The second kappa shape index (κ2) is 4.58. The first-order valence-corrected chi connectivity index (χ1v) is 5.32. The molecule has 0 saturated carbocycles. The van der Waals surface area contributed by atoms with Crippen molar-refractivity contribution >= 4 is 41.2 Å². The summed E-state index contributed by atoms with van der Waals surface area (Å²) in [6.07, 6.45) is 0. The molecule has 12 heavy (non-hydrogen) atoms. The zero-order valence-electron chi connectivity index (χ0n) is 6.29. The number of aromatic nitrogens is 2. The highest BCUT2D eigenvalue weighted by molar-refractivity contribution is 8.01. The SMILES string of the molecule is CNC(=O)CSc1n[nH]c(=S)s1. The molecular formula is C5H7N3OS3. The van der Waals surface area contributed by atoms with Gasteiger partial charge in [-0.2, -0.15) is 5.10 Å². The first-order chi connectivity index (χ1) is 5.72. The molecule has 0 aliphatic heterocycles. The molecule has 0 aliphatic rings. The smallest absolute Gasteiger partial charge is 0.230 e. The van der Waals surface area contributed by atoms with Gasteiger partial charge in [0.05, 0.1) is 5.75 Å². The molecule has 7 heteroatoms. The van der Waals surface area contributed by atoms with Crippen LogP contribution in [0.25, 0.3) is 0 Å². The van der Waals surface area contributed by atoms with Crippen LogP contribution in [0.15, 0.2) is 4.34 Å². The fourth-order valence-corrected chi connectivity index (χ4v) is 2.43. The molecule has 0 saturated heterocycles. The van der Waals surface area contributed by atoms with Gasteiger partial charge in [0.15, 0.2) is 8.29 Å². The van der Waals surface area contributed by atoms with Gasteiger partial charge in [0.1, 0.15) is 0 Å². The maximum atomic E-state index is 10.8. The van der Waals surface area contributed by atoms with Crippen molar-refractivity contribution in [3.8, 4) is 0 Å². The summed E-state index contributed by atoms with van der Waals surface area (Å²) >= 11 is 7.57. The minimum Gasteiger partial charge on any atom is -0.358 e. The summed E-state index contributed by atoms with van der Waals surface area (Å²) in [5.41, 5.74) is 0. The summed E-state index contributed by atoms with van der Waals surface area (Å²) in [6, 6.07) is 0. The Morgan fingerprint density at radius 2 is 2.67 bits per heavy atom. The number of thioether (sulfide) groups is 1. The van der Waals surface area contributed by atoms with E-state index in [1.165, 1.54) is 23.1 Å². The van der Waals surface area contributed by atoms with Crippen molar-refractivity contribution < 1.29 is 4.79 Å². The molecule has 1 aromatic heterocycles. The lowest BCUT2D eigenvalue weighted by atomic mass is 10.7. The van der Waals surface area contributed by atoms with Crippen LogP contribution < -0.4 is 5.32 Å². The topological polar surface area (TPSA) is 57.8 Å². The van der Waals surface area contributed by atoms with Crippen molar-refractivity contribution in [3.63, 3.8) is 0 Å². The number of rotatable bonds is 3. The van der Waals surface area contributed by atoms with Crippen molar-refractivity contribution in [1.82, 2.24) is 15.5 Å². The number of nitrogens with one attached hydrogen (secondary N) is 2. The molecule has 0 bridgehead atoms. The van der Waals surface area contributed by atoms with Gasteiger partial charge in [0.2, 0.25) is 5.91 Å². The predicted octanol–water partition coefficient (Wildman–Crippen LogP) is 1.04. The summed E-state index contributed by atoms with van der Waals surface area (Å²) in [7, 11) is 1.61. The van der Waals surface area contributed by atoms with Gasteiger partial charge in [-0.25, -0.2) is 0 Å². The van der Waals surface area contributed by atoms with Crippen molar-refractivity contribution in [3.05, 3.63) is 3.95 Å². The monoisotopic (exact) mass is 221 g/mol. The highest BCUT2D eigenvalue weighted by Gasteiger charge is 2.02. The van der Waals surface area contributed by atoms with E-state index in [1.54, 1.807) is 7.05 Å². The number of hydrogen-bond donors (Lipinski definition) is 2. The molecule has 0 spiro atoms. The van der Waals surface area contributed by atoms with Crippen LogP contribution in [-0.4, -0.2) is 28.9 Å². The largest absolute Gasteiger partial charge is 0.358 e. The molecule has 0 radical (unpaired) electrons. The van der Waals surface area contributed by atoms with Gasteiger partial charge >= 0.3 is 0 Å². The molecule has 0 aliphatic carbocycles. The molecule has 0 atom stereocenters. The van der Waals surface area contributed by atoms with E-state index in [-0.39, 0.29) is 5.91 Å². The maximum Gasteiger partial charge on any atom is 0.230 e. The van der Waals surface area contributed by atoms with Crippen LogP contribution in [0.2, 0.25) is 0 Å². The first-order valence-electron chi connectivity index (χ1n) is 3.11. The average Bonchev–Trinajstić information content (AvgIpc) is 2.47. The zero-order chi connectivity index (χ0) is 8.97. The fraction of sp³-hybridized carbons (Fsp3) is 0.400. The summed E-state index contributed by atoms with van der Waals surface area (Å²) in [5.74, 6) is 0.369. The van der Waals surface area contributed by atoms with Gasteiger partial charge in [-0.1, -0.05) is 23.1 Å². The lowest BCUT2D eigenvalue weighted by Crippen LogP contribution is -2.19. The average molecular weight is 221 g/mol. The number of nitrogens with zero attached hydrogens (tertiary/aromatic N) is 1. The van der Waals surface area contributed by atoms with Gasteiger partial charge in [-0.3, -0.25) is 9.89 Å². The Bertz CT molecular complexity index is 318. The molecule has 1 amide bonds. The number of amides is 1. The normalized spacial score (nSPS) is 9.75. The number of aromatic amines is 1. The third-order valence-electron chi connectivity index (χ3n) is 1.02. The van der Waals surface area contributed by atoms with Gasteiger partial charge in [0.25, 0.3) is 0 Å². The number of hydrogen-bond acceptors (Lipinski definition) is 5. The Labute approximate surface area is 82.8 Å². The Balaban J connectivity index is 2.43. The predicted molar refractivity (Wildman–Crippen MR) is 52.1 cm³/mol. The summed E-state index contributed by atoms with van der Waals surface area (Å²) in [4.78, 5) is 10.8. The molecule has 4 nitrogen and oxygen atoms in total. The van der Waals surface area contributed by atoms with Gasteiger partial charge < -0.3 is 5.32 Å². The molecular weight excluding hydrogens is 214 g/mol. The van der Waals surface area contributed by atoms with Crippen molar-refractivity contribution in [2.75, 3.05) is 12.8 Å². The van der Waals surface area contributed by atoms with Crippen molar-refractivity contribution in [2.24, 2.45) is 0 Å². The van der Waals surface area contributed by atoms with Gasteiger partial charge in [0, 0.05) is 7.05 Å². The van der Waals surface area contributed by atoms with Crippen LogP contribution in [0, 0.1) is 3.95 Å². The second-order valence-electron chi connectivity index (χ2n) is 1.84. The van der Waals surface area contributed by atoms with Gasteiger partial charge in [-0.15, -0.1) is 0 Å². The standard InChI is InChI=1S/C5H7N3OS3/c1-6-3(9)2-11-5-8-7-4(10)12-5/h2H2,1H3,(H,6,9)(H,7,10). The molecule has 0 unspecified atom stereocenters. The lowest BCUT2D eigenvalue weighted by Gasteiger charge is -1.94. The van der Waals surface area contributed by atoms with E-state index in [0.29, 0.717) is 9.71 Å². The van der Waals surface area contributed by atoms with Crippen LogP contribution >= 0.6 is 35.3 Å². The molecule has 0 fully saturated rings. The van der Waals surface area contributed by atoms with E-state index in [2.05, 4.69) is 15.5 Å². The van der Waals surface area contributed by atoms with E-state index in [1.807, 2.05) is 0 Å². The van der Waals surface area contributed by atoms with Crippen LogP contribution in [0.3, 0.4) is 0 Å². The number of carbonyl (C=O) groups excluding carboxylic acids is 1. The first kappa shape index (κ1) is 9.69. The van der Waals surface area contributed by atoms with Crippen LogP contribution in [0.5, 0.6) is 0 Å². The Kier molecular flexibility index (Phi) is 3.70. The third kappa shape index (κ3) is 2.92. The molecule has 66 valence electrons. The Hall–Kier alpha value is -0.400. The van der Waals surface area contributed by atoms with E-state index in [4.69, 9.17) is 12.2 Å². The lowest BCUT2D eigenvalue weighted by molar-refractivity contribution is -0.118. The fourth-order valence-electron chi connectivity index (χ4n) is 0.477.